The van der Waals surface area contributed by atoms with Gasteiger partial charge in [0, 0.05) is 25.2 Å². The Balaban J connectivity index is 1.69. The number of nitrogens with zero attached hydrogens (tertiary/aromatic N) is 2. The predicted octanol–water partition coefficient (Wildman–Crippen LogP) is 0.212. The Morgan fingerprint density at radius 3 is 2.71 bits per heavy atom. The number of ether oxygens (including phenoxy) is 1. The smallest absolute Gasteiger partial charge is 0.318 e. The summed E-state index contributed by atoms with van der Waals surface area (Å²) < 4.78 is 5.42. The summed E-state index contributed by atoms with van der Waals surface area (Å²) in [5.41, 5.74) is 0. The number of carbonyl (C=O) groups is 2. The van der Waals surface area contributed by atoms with Crippen molar-refractivity contribution in [1.82, 2.24) is 15.1 Å². The van der Waals surface area contributed by atoms with Crippen LogP contribution < -0.4 is 5.32 Å². The van der Waals surface area contributed by atoms with Gasteiger partial charge in [-0.2, -0.15) is 0 Å². The first-order valence-electron chi connectivity index (χ1n) is 7.52. The highest BCUT2D eigenvalue weighted by atomic mass is 16.5. The molecule has 0 aromatic heterocycles. The summed E-state index contributed by atoms with van der Waals surface area (Å²) >= 11 is 0. The minimum Gasteiger partial charge on any atom is -0.481 e. The van der Waals surface area contributed by atoms with Gasteiger partial charge >= 0.3 is 12.0 Å². The molecule has 0 spiro atoms. The molecular weight excluding hydrogens is 274 g/mol. The molecule has 2 aliphatic rings. The zero-order chi connectivity index (χ0) is 15.4. The molecule has 0 aromatic rings. The third-order valence-corrected chi connectivity index (χ3v) is 4.29. The van der Waals surface area contributed by atoms with Crippen molar-refractivity contribution in [2.45, 2.75) is 31.3 Å². The van der Waals surface area contributed by atoms with Crippen LogP contribution in [0.5, 0.6) is 0 Å². The van der Waals surface area contributed by atoms with E-state index in [1.54, 1.807) is 4.90 Å². The van der Waals surface area contributed by atoms with Gasteiger partial charge in [0.15, 0.2) is 0 Å². The van der Waals surface area contributed by atoms with Gasteiger partial charge in [0.05, 0.1) is 19.1 Å². The highest BCUT2D eigenvalue weighted by molar-refractivity contribution is 5.79. The van der Waals surface area contributed by atoms with E-state index in [0.717, 1.165) is 19.4 Å². The third-order valence-electron chi connectivity index (χ3n) is 4.29. The van der Waals surface area contributed by atoms with Crippen LogP contribution in [0.4, 0.5) is 4.79 Å². The van der Waals surface area contributed by atoms with Crippen molar-refractivity contribution in [3.8, 4) is 0 Å². The van der Waals surface area contributed by atoms with Gasteiger partial charge in [-0.15, -0.1) is 0 Å². The van der Waals surface area contributed by atoms with E-state index in [2.05, 4.69) is 5.32 Å². The van der Waals surface area contributed by atoms with Crippen molar-refractivity contribution >= 4 is 12.0 Å². The monoisotopic (exact) mass is 299 g/mol. The van der Waals surface area contributed by atoms with Gasteiger partial charge in [0.25, 0.3) is 0 Å². The molecule has 120 valence electrons. The fourth-order valence-electron chi connectivity index (χ4n) is 3.24. The SMILES string of the molecule is CN(C)CCOCCNC(=O)N1C2CCC1C(C(=O)O)C2. The van der Waals surface area contributed by atoms with Gasteiger partial charge in [-0.25, -0.2) is 4.79 Å². The van der Waals surface area contributed by atoms with E-state index < -0.39 is 11.9 Å². The van der Waals surface area contributed by atoms with Crippen molar-refractivity contribution < 1.29 is 19.4 Å². The summed E-state index contributed by atoms with van der Waals surface area (Å²) in [7, 11) is 3.96. The molecule has 0 aromatic carbocycles. The van der Waals surface area contributed by atoms with Gasteiger partial charge < -0.3 is 25.0 Å². The fraction of sp³-hybridized carbons (Fsp3) is 0.857. The molecule has 2 aliphatic heterocycles. The number of aliphatic carboxylic acids is 1. The Labute approximate surface area is 125 Å². The molecule has 0 aliphatic carbocycles. The number of urea groups is 1. The van der Waals surface area contributed by atoms with Crippen molar-refractivity contribution in [3.05, 3.63) is 0 Å². The van der Waals surface area contributed by atoms with Crippen LogP contribution in [0.3, 0.4) is 0 Å². The number of carboxylic acid groups (broad SMARTS) is 1. The number of amides is 2. The number of likely N-dealkylation sites (N-methyl/N-ethyl adjacent to an activating group) is 1. The Hall–Kier alpha value is -1.34. The van der Waals surface area contributed by atoms with Crippen LogP contribution in [0.2, 0.25) is 0 Å². The molecule has 2 N–H and O–H groups in total. The average Bonchev–Trinajstić information content (AvgIpc) is 2.99. The van der Waals surface area contributed by atoms with Crippen LogP contribution in [0.15, 0.2) is 0 Å². The average molecular weight is 299 g/mol. The molecule has 21 heavy (non-hydrogen) atoms. The molecule has 2 heterocycles. The van der Waals surface area contributed by atoms with E-state index in [0.29, 0.717) is 26.2 Å². The molecule has 7 nitrogen and oxygen atoms in total. The minimum absolute atomic E-state index is 0.0887. The Bertz CT molecular complexity index is 388. The second-order valence-electron chi connectivity index (χ2n) is 6.03. The van der Waals surface area contributed by atoms with Gasteiger partial charge in [-0.1, -0.05) is 0 Å². The lowest BCUT2D eigenvalue weighted by molar-refractivity contribution is -0.142. The first-order valence-corrected chi connectivity index (χ1v) is 7.52. The molecule has 2 saturated heterocycles. The minimum atomic E-state index is -0.785. The van der Waals surface area contributed by atoms with Crippen LogP contribution >= 0.6 is 0 Å². The third kappa shape index (κ3) is 3.85. The molecule has 2 fully saturated rings. The van der Waals surface area contributed by atoms with Crippen LogP contribution in [0, 0.1) is 5.92 Å². The first kappa shape index (κ1) is 16.0. The molecule has 0 saturated carbocycles. The van der Waals surface area contributed by atoms with Crippen LogP contribution in [-0.4, -0.2) is 79.4 Å². The summed E-state index contributed by atoms with van der Waals surface area (Å²) in [4.78, 5) is 27.1. The summed E-state index contributed by atoms with van der Waals surface area (Å²) in [6, 6.07) is -0.199. The van der Waals surface area contributed by atoms with Crippen molar-refractivity contribution in [2.24, 2.45) is 5.92 Å². The van der Waals surface area contributed by atoms with E-state index in [1.807, 2.05) is 19.0 Å². The number of rotatable bonds is 7. The van der Waals surface area contributed by atoms with Gasteiger partial charge in [-0.05, 0) is 33.4 Å². The number of hydrogen-bond donors (Lipinski definition) is 2. The summed E-state index contributed by atoms with van der Waals surface area (Å²) in [5, 5.41) is 12.0. The lowest BCUT2D eigenvalue weighted by Crippen LogP contribution is -2.45. The van der Waals surface area contributed by atoms with Gasteiger partial charge in [0.1, 0.15) is 0 Å². The molecule has 7 heteroatoms. The molecular formula is C14H25N3O4. The van der Waals surface area contributed by atoms with Crippen molar-refractivity contribution in [2.75, 3.05) is 40.4 Å². The topological polar surface area (TPSA) is 82.1 Å². The van der Waals surface area contributed by atoms with Crippen molar-refractivity contribution in [1.29, 1.82) is 0 Å². The standard InChI is InChI=1S/C14H25N3O4/c1-16(2)6-8-21-7-5-15-14(20)17-10-3-4-12(17)11(9-10)13(18)19/h10-12H,3-9H2,1-2H3,(H,15,20)(H,18,19). The highest BCUT2D eigenvalue weighted by Crippen LogP contribution is 2.41. The largest absolute Gasteiger partial charge is 0.481 e. The molecule has 2 amide bonds. The van der Waals surface area contributed by atoms with Gasteiger partial charge in [0.2, 0.25) is 0 Å². The van der Waals surface area contributed by atoms with E-state index >= 15 is 0 Å². The van der Waals surface area contributed by atoms with E-state index in [9.17, 15) is 14.7 Å². The zero-order valence-corrected chi connectivity index (χ0v) is 12.7. The maximum atomic E-state index is 12.2. The fourth-order valence-corrected chi connectivity index (χ4v) is 3.24. The van der Waals surface area contributed by atoms with Crippen LogP contribution in [-0.2, 0) is 9.53 Å². The number of nitrogens with one attached hydrogen (secondary N) is 1. The number of fused-ring (bicyclic) bond motifs is 2. The summed E-state index contributed by atoms with van der Waals surface area (Å²) in [6.45, 7) is 2.43. The molecule has 3 unspecified atom stereocenters. The van der Waals surface area contributed by atoms with Crippen LogP contribution in [0.25, 0.3) is 0 Å². The van der Waals surface area contributed by atoms with Crippen molar-refractivity contribution in [3.63, 3.8) is 0 Å². The number of carbonyl (C=O) groups excluding carboxylic acids is 1. The maximum Gasteiger partial charge on any atom is 0.318 e. The van der Waals surface area contributed by atoms with E-state index in [4.69, 9.17) is 4.74 Å². The normalized spacial score (nSPS) is 27.4. The van der Waals surface area contributed by atoms with Gasteiger partial charge in [-0.3, -0.25) is 4.79 Å². The quantitative estimate of drug-likeness (QED) is 0.657. The Morgan fingerprint density at radius 2 is 2.10 bits per heavy atom. The maximum absolute atomic E-state index is 12.2. The van der Waals surface area contributed by atoms with Crippen LogP contribution in [0.1, 0.15) is 19.3 Å². The zero-order valence-electron chi connectivity index (χ0n) is 12.7. The Morgan fingerprint density at radius 1 is 1.33 bits per heavy atom. The lowest BCUT2D eigenvalue weighted by atomic mass is 9.89. The molecule has 3 atom stereocenters. The highest BCUT2D eigenvalue weighted by Gasteiger charge is 2.51. The second-order valence-corrected chi connectivity index (χ2v) is 6.03. The Kier molecular flexibility index (Phi) is 5.41. The van der Waals surface area contributed by atoms with E-state index in [-0.39, 0.29) is 18.1 Å². The molecule has 0 radical (unpaired) electrons. The first-order chi connectivity index (χ1) is 10.0. The second kappa shape index (κ2) is 7.09. The predicted molar refractivity (Wildman–Crippen MR) is 77.2 cm³/mol. The molecule has 2 bridgehead atoms. The molecule has 2 rings (SSSR count). The lowest BCUT2D eigenvalue weighted by Gasteiger charge is -2.23. The number of carboxylic acids is 1. The summed E-state index contributed by atoms with van der Waals surface area (Å²) in [5.74, 6) is -1.18. The van der Waals surface area contributed by atoms with E-state index in [1.165, 1.54) is 0 Å². The summed E-state index contributed by atoms with van der Waals surface area (Å²) in [6.07, 6.45) is 2.31. The number of hydrogen-bond acceptors (Lipinski definition) is 4.